The van der Waals surface area contributed by atoms with Gasteiger partial charge < -0.3 is 4.74 Å². The zero-order valence-corrected chi connectivity index (χ0v) is 17.4. The fourth-order valence-electron chi connectivity index (χ4n) is 3.81. The summed E-state index contributed by atoms with van der Waals surface area (Å²) in [6.45, 7) is 6.67. The number of ether oxygens (including phenoxy) is 1. The minimum Gasteiger partial charge on any atom is -0.353 e. The van der Waals surface area contributed by atoms with Crippen molar-refractivity contribution in [2.75, 3.05) is 0 Å². The van der Waals surface area contributed by atoms with Crippen LogP contribution < -0.4 is 0 Å². The second-order valence-corrected chi connectivity index (χ2v) is 8.87. The molecule has 1 unspecified atom stereocenters. The number of hydrogen-bond donors (Lipinski definition) is 0. The SMILES string of the molecule is CC(C)(C)c1ccc(C2(c3ccc(F)cc3)OCc3ccc(Cl)cc3C2=O)cc1. The monoisotopic (exact) mass is 408 g/mol. The zero-order valence-electron chi connectivity index (χ0n) is 16.6. The first-order chi connectivity index (χ1) is 13.7. The van der Waals surface area contributed by atoms with Crippen molar-refractivity contribution in [1.82, 2.24) is 0 Å². The predicted molar refractivity (Wildman–Crippen MR) is 113 cm³/mol. The fraction of sp³-hybridized carbons (Fsp3) is 0.240. The van der Waals surface area contributed by atoms with Gasteiger partial charge in [0.15, 0.2) is 5.60 Å². The van der Waals surface area contributed by atoms with Crippen molar-refractivity contribution in [3.63, 3.8) is 0 Å². The molecule has 1 aliphatic heterocycles. The van der Waals surface area contributed by atoms with Gasteiger partial charge in [-0.3, -0.25) is 4.79 Å². The molecule has 1 heterocycles. The van der Waals surface area contributed by atoms with Crippen molar-refractivity contribution >= 4 is 17.4 Å². The third kappa shape index (κ3) is 3.39. The van der Waals surface area contributed by atoms with Gasteiger partial charge in [-0.25, -0.2) is 4.39 Å². The van der Waals surface area contributed by atoms with Crippen LogP contribution in [0.5, 0.6) is 0 Å². The molecular weight excluding hydrogens is 387 g/mol. The molecule has 4 rings (SSSR count). The lowest BCUT2D eigenvalue weighted by molar-refractivity contribution is -0.0221. The molecule has 0 aromatic heterocycles. The van der Waals surface area contributed by atoms with E-state index in [1.54, 1.807) is 24.3 Å². The second-order valence-electron chi connectivity index (χ2n) is 8.43. The number of hydrogen-bond acceptors (Lipinski definition) is 2. The third-order valence-corrected chi connectivity index (χ3v) is 5.72. The molecule has 0 saturated heterocycles. The van der Waals surface area contributed by atoms with Crippen LogP contribution in [-0.4, -0.2) is 5.78 Å². The van der Waals surface area contributed by atoms with Gasteiger partial charge in [-0.15, -0.1) is 0 Å². The number of ketones is 1. The van der Waals surface area contributed by atoms with Crippen molar-refractivity contribution in [2.24, 2.45) is 0 Å². The Balaban J connectivity index is 1.92. The molecule has 0 aliphatic carbocycles. The molecule has 0 spiro atoms. The van der Waals surface area contributed by atoms with Crippen LogP contribution in [0.2, 0.25) is 5.02 Å². The Bertz CT molecular complexity index is 1070. The van der Waals surface area contributed by atoms with Crippen LogP contribution in [-0.2, 0) is 22.4 Å². The van der Waals surface area contributed by atoms with Gasteiger partial charge in [0.25, 0.3) is 0 Å². The number of rotatable bonds is 2. The molecule has 0 saturated carbocycles. The van der Waals surface area contributed by atoms with Crippen LogP contribution >= 0.6 is 11.6 Å². The molecule has 3 aromatic carbocycles. The second kappa shape index (κ2) is 7.08. The van der Waals surface area contributed by atoms with Crippen LogP contribution in [0, 0.1) is 5.82 Å². The van der Waals surface area contributed by atoms with Gasteiger partial charge in [0.05, 0.1) is 6.61 Å². The van der Waals surface area contributed by atoms with Gasteiger partial charge in [0.2, 0.25) is 5.78 Å². The van der Waals surface area contributed by atoms with Crippen molar-refractivity contribution in [3.8, 4) is 0 Å². The summed E-state index contributed by atoms with van der Waals surface area (Å²) in [6, 6.07) is 19.1. The molecule has 29 heavy (non-hydrogen) atoms. The molecule has 0 amide bonds. The lowest BCUT2D eigenvalue weighted by Gasteiger charge is -2.38. The van der Waals surface area contributed by atoms with E-state index in [9.17, 15) is 9.18 Å². The van der Waals surface area contributed by atoms with E-state index in [-0.39, 0.29) is 23.6 Å². The lowest BCUT2D eigenvalue weighted by atomic mass is 9.76. The quantitative estimate of drug-likeness (QED) is 0.488. The Kier molecular flexibility index (Phi) is 4.84. The molecular formula is C25H22ClFO2. The average molecular weight is 409 g/mol. The van der Waals surface area contributed by atoms with Crippen LogP contribution in [0.25, 0.3) is 0 Å². The molecule has 4 heteroatoms. The minimum absolute atomic E-state index is 0.0148. The smallest absolute Gasteiger partial charge is 0.204 e. The first kappa shape index (κ1) is 19.8. The van der Waals surface area contributed by atoms with E-state index in [0.717, 1.165) is 11.1 Å². The number of fused-ring (bicyclic) bond motifs is 1. The van der Waals surface area contributed by atoms with Crippen LogP contribution in [0.1, 0.15) is 53.4 Å². The van der Waals surface area contributed by atoms with Gasteiger partial charge >= 0.3 is 0 Å². The zero-order chi connectivity index (χ0) is 20.8. The van der Waals surface area contributed by atoms with E-state index in [1.807, 2.05) is 30.3 Å². The maximum atomic E-state index is 13.8. The highest BCUT2D eigenvalue weighted by Gasteiger charge is 2.47. The number of benzene rings is 3. The topological polar surface area (TPSA) is 26.3 Å². The van der Waals surface area contributed by atoms with E-state index in [1.165, 1.54) is 12.1 Å². The molecule has 0 N–H and O–H groups in total. The third-order valence-electron chi connectivity index (χ3n) is 5.49. The van der Waals surface area contributed by atoms with E-state index in [4.69, 9.17) is 16.3 Å². The Hall–Kier alpha value is -2.49. The Morgan fingerprint density at radius 1 is 0.931 bits per heavy atom. The molecule has 3 aromatic rings. The van der Waals surface area contributed by atoms with Crippen LogP contribution in [0.4, 0.5) is 4.39 Å². The molecule has 2 nitrogen and oxygen atoms in total. The number of carbonyl (C=O) groups is 1. The Labute approximate surface area is 175 Å². The molecule has 0 radical (unpaired) electrons. The summed E-state index contributed by atoms with van der Waals surface area (Å²) < 4.78 is 19.9. The van der Waals surface area contributed by atoms with Crippen LogP contribution in [0.15, 0.2) is 66.7 Å². The maximum Gasteiger partial charge on any atom is 0.204 e. The summed E-state index contributed by atoms with van der Waals surface area (Å²) in [5.41, 5.74) is 2.44. The van der Waals surface area contributed by atoms with Gasteiger partial charge in [0.1, 0.15) is 5.82 Å². The van der Waals surface area contributed by atoms with Crippen molar-refractivity contribution < 1.29 is 13.9 Å². The highest BCUT2D eigenvalue weighted by Crippen LogP contribution is 2.43. The first-order valence-corrected chi connectivity index (χ1v) is 9.94. The minimum atomic E-state index is -1.35. The van der Waals surface area contributed by atoms with Crippen LogP contribution in [0.3, 0.4) is 0 Å². The summed E-state index contributed by atoms with van der Waals surface area (Å²) in [6.07, 6.45) is 0. The summed E-state index contributed by atoms with van der Waals surface area (Å²) in [4.78, 5) is 13.8. The highest BCUT2D eigenvalue weighted by molar-refractivity contribution is 6.31. The van der Waals surface area contributed by atoms with Gasteiger partial charge in [-0.05, 0) is 51.9 Å². The summed E-state index contributed by atoms with van der Waals surface area (Å²) in [7, 11) is 0. The normalized spacial score (nSPS) is 19.1. The van der Waals surface area contributed by atoms with Crippen molar-refractivity contribution in [3.05, 3.63) is 105 Å². The summed E-state index contributed by atoms with van der Waals surface area (Å²) in [5, 5.41) is 0.495. The summed E-state index contributed by atoms with van der Waals surface area (Å²) in [5.74, 6) is -0.560. The number of carbonyl (C=O) groups excluding carboxylic acids is 1. The summed E-state index contributed by atoms with van der Waals surface area (Å²) >= 11 is 6.18. The van der Waals surface area contributed by atoms with E-state index < -0.39 is 5.60 Å². The lowest BCUT2D eigenvalue weighted by Crippen LogP contribution is -2.43. The van der Waals surface area contributed by atoms with E-state index >= 15 is 0 Å². The first-order valence-electron chi connectivity index (χ1n) is 9.56. The molecule has 148 valence electrons. The molecule has 1 atom stereocenters. The van der Waals surface area contributed by atoms with E-state index in [2.05, 4.69) is 20.8 Å². The largest absolute Gasteiger partial charge is 0.353 e. The average Bonchev–Trinajstić information content (AvgIpc) is 2.69. The molecule has 0 bridgehead atoms. The number of halogens is 2. The standard InChI is InChI=1S/C25H22ClFO2/c1-24(2,3)17-5-7-18(8-6-17)25(19-9-12-21(27)13-10-19)23(28)22-14-20(26)11-4-16(22)15-29-25/h4-14H,15H2,1-3H3. The predicted octanol–water partition coefficient (Wildman–Crippen LogP) is 6.43. The maximum absolute atomic E-state index is 13.8. The van der Waals surface area contributed by atoms with Gasteiger partial charge in [-0.2, -0.15) is 0 Å². The highest BCUT2D eigenvalue weighted by atomic mass is 35.5. The Morgan fingerprint density at radius 2 is 1.52 bits per heavy atom. The van der Waals surface area contributed by atoms with Crippen molar-refractivity contribution in [1.29, 1.82) is 0 Å². The van der Waals surface area contributed by atoms with Gasteiger partial charge in [-0.1, -0.05) is 74.8 Å². The van der Waals surface area contributed by atoms with E-state index in [0.29, 0.717) is 21.7 Å². The molecule has 1 aliphatic rings. The Morgan fingerprint density at radius 3 is 2.10 bits per heavy atom. The fourth-order valence-corrected chi connectivity index (χ4v) is 3.98. The number of Topliss-reactive ketones (excluding diaryl/α,β-unsaturated/α-hetero) is 1. The van der Waals surface area contributed by atoms with Crippen molar-refractivity contribution in [2.45, 2.75) is 38.4 Å². The van der Waals surface area contributed by atoms with Gasteiger partial charge in [0, 0.05) is 10.6 Å². The molecule has 0 fully saturated rings.